The highest BCUT2D eigenvalue weighted by Gasteiger charge is 2.15. The Morgan fingerprint density at radius 1 is 1.16 bits per heavy atom. The number of anilines is 1. The molecule has 0 aliphatic rings. The molecule has 0 saturated heterocycles. The molecule has 0 bridgehead atoms. The van der Waals surface area contributed by atoms with Gasteiger partial charge in [0.25, 0.3) is 5.91 Å². The van der Waals surface area contributed by atoms with Crippen LogP contribution < -0.4 is 10.1 Å². The van der Waals surface area contributed by atoms with Gasteiger partial charge in [0.1, 0.15) is 24.0 Å². The number of hydrogen-bond acceptors (Lipinski definition) is 3. The Morgan fingerprint density at radius 3 is 2.55 bits per heavy atom. The first-order valence-electron chi connectivity index (χ1n) is 9.22. The molecular formula is C24H17Br2ClN2O2. The molecule has 1 amide bonds. The maximum Gasteiger partial charge on any atom is 0.266 e. The highest BCUT2D eigenvalue weighted by Crippen LogP contribution is 2.35. The number of benzene rings is 3. The largest absolute Gasteiger partial charge is 0.487 e. The standard InChI is InChI=1S/C24H17Br2ClN2O2/c1-15-4-2-3-5-22(15)29-24(30)18(13-28)10-17-11-19(25)12-21(26)23(17)31-14-16-6-8-20(27)9-7-16/h2-12H,14H2,1H3,(H,29,30)/b18-10+. The molecule has 0 fully saturated rings. The fraction of sp³-hybridized carbons (Fsp3) is 0.0833. The van der Waals surface area contributed by atoms with Crippen LogP contribution in [0.5, 0.6) is 5.75 Å². The smallest absolute Gasteiger partial charge is 0.266 e. The number of halogens is 3. The van der Waals surface area contributed by atoms with Crippen LogP contribution in [0.2, 0.25) is 5.02 Å². The summed E-state index contributed by atoms with van der Waals surface area (Å²) in [5, 5.41) is 13.0. The van der Waals surface area contributed by atoms with Gasteiger partial charge in [0, 0.05) is 20.7 Å². The lowest BCUT2D eigenvalue weighted by atomic mass is 10.1. The summed E-state index contributed by atoms with van der Waals surface area (Å²) in [5.74, 6) is 0.0335. The summed E-state index contributed by atoms with van der Waals surface area (Å²) >= 11 is 12.9. The van der Waals surface area contributed by atoms with Gasteiger partial charge in [0.15, 0.2) is 0 Å². The molecule has 3 rings (SSSR count). The van der Waals surface area contributed by atoms with E-state index in [1.165, 1.54) is 6.08 Å². The number of carbonyl (C=O) groups excluding carboxylic acids is 1. The number of amides is 1. The Labute approximate surface area is 202 Å². The van der Waals surface area contributed by atoms with E-state index in [1.54, 1.807) is 24.3 Å². The Balaban J connectivity index is 1.89. The zero-order chi connectivity index (χ0) is 22.4. The third kappa shape index (κ3) is 6.20. The zero-order valence-electron chi connectivity index (χ0n) is 16.5. The minimum Gasteiger partial charge on any atom is -0.487 e. The van der Waals surface area contributed by atoms with Crippen LogP contribution in [0.1, 0.15) is 16.7 Å². The maximum atomic E-state index is 12.7. The molecule has 3 aromatic rings. The molecule has 0 atom stereocenters. The predicted molar refractivity (Wildman–Crippen MR) is 131 cm³/mol. The van der Waals surface area contributed by atoms with Crippen LogP contribution in [-0.4, -0.2) is 5.91 Å². The first kappa shape index (κ1) is 23.1. The van der Waals surface area contributed by atoms with Crippen molar-refractivity contribution in [1.29, 1.82) is 5.26 Å². The lowest BCUT2D eigenvalue weighted by Gasteiger charge is -2.13. The number of nitriles is 1. The first-order chi connectivity index (χ1) is 14.9. The SMILES string of the molecule is Cc1ccccc1NC(=O)/C(C#N)=C/c1cc(Br)cc(Br)c1OCc1ccc(Cl)cc1. The van der Waals surface area contributed by atoms with Crippen molar-refractivity contribution >= 4 is 61.1 Å². The molecule has 31 heavy (non-hydrogen) atoms. The van der Waals surface area contributed by atoms with E-state index in [0.29, 0.717) is 33.1 Å². The van der Waals surface area contributed by atoms with E-state index in [1.807, 2.05) is 49.4 Å². The van der Waals surface area contributed by atoms with Crippen LogP contribution in [0.4, 0.5) is 5.69 Å². The van der Waals surface area contributed by atoms with Crippen molar-refractivity contribution in [1.82, 2.24) is 0 Å². The van der Waals surface area contributed by atoms with Crippen LogP contribution in [0.25, 0.3) is 6.08 Å². The molecule has 7 heteroatoms. The fourth-order valence-corrected chi connectivity index (χ4v) is 4.28. The van der Waals surface area contributed by atoms with Crippen LogP contribution in [0.15, 0.2) is 75.2 Å². The quantitative estimate of drug-likeness (QED) is 0.254. The van der Waals surface area contributed by atoms with E-state index in [-0.39, 0.29) is 5.57 Å². The highest BCUT2D eigenvalue weighted by atomic mass is 79.9. The minimum atomic E-state index is -0.489. The lowest BCUT2D eigenvalue weighted by molar-refractivity contribution is -0.112. The molecule has 0 aliphatic heterocycles. The molecular weight excluding hydrogens is 544 g/mol. The van der Waals surface area contributed by atoms with Gasteiger partial charge in [-0.3, -0.25) is 4.79 Å². The first-order valence-corrected chi connectivity index (χ1v) is 11.2. The summed E-state index contributed by atoms with van der Waals surface area (Å²) in [6, 6.07) is 20.3. The number of hydrogen-bond donors (Lipinski definition) is 1. The third-order valence-electron chi connectivity index (χ3n) is 4.39. The third-order valence-corrected chi connectivity index (χ3v) is 5.69. The summed E-state index contributed by atoms with van der Waals surface area (Å²) in [5.41, 5.74) is 3.05. The number of ether oxygens (including phenoxy) is 1. The van der Waals surface area contributed by atoms with Gasteiger partial charge in [-0.05, 0) is 70.4 Å². The van der Waals surface area contributed by atoms with Crippen molar-refractivity contribution in [3.63, 3.8) is 0 Å². The molecule has 0 unspecified atom stereocenters. The summed E-state index contributed by atoms with van der Waals surface area (Å²) in [6.07, 6.45) is 1.51. The molecule has 156 valence electrons. The van der Waals surface area contributed by atoms with E-state index in [4.69, 9.17) is 16.3 Å². The van der Waals surface area contributed by atoms with Crippen LogP contribution in [0, 0.1) is 18.3 Å². The zero-order valence-corrected chi connectivity index (χ0v) is 20.4. The van der Waals surface area contributed by atoms with E-state index < -0.39 is 5.91 Å². The number of aryl methyl sites for hydroxylation is 1. The Morgan fingerprint density at radius 2 is 1.87 bits per heavy atom. The molecule has 0 spiro atoms. The molecule has 0 saturated carbocycles. The second kappa shape index (κ2) is 10.6. The Kier molecular flexibility index (Phi) is 7.91. The summed E-state index contributed by atoms with van der Waals surface area (Å²) in [6.45, 7) is 2.19. The molecule has 0 heterocycles. The van der Waals surface area contributed by atoms with E-state index in [2.05, 4.69) is 37.2 Å². The second-order valence-electron chi connectivity index (χ2n) is 6.66. The average molecular weight is 561 g/mol. The van der Waals surface area contributed by atoms with Gasteiger partial charge in [-0.15, -0.1) is 0 Å². The van der Waals surface area contributed by atoms with Crippen molar-refractivity contribution in [2.24, 2.45) is 0 Å². The van der Waals surface area contributed by atoms with Gasteiger partial charge in [0.05, 0.1) is 4.47 Å². The van der Waals surface area contributed by atoms with Gasteiger partial charge >= 0.3 is 0 Å². The average Bonchev–Trinajstić information content (AvgIpc) is 2.74. The molecule has 1 N–H and O–H groups in total. The number of carbonyl (C=O) groups is 1. The summed E-state index contributed by atoms with van der Waals surface area (Å²) in [7, 11) is 0. The van der Waals surface area contributed by atoms with Gasteiger partial charge in [0.2, 0.25) is 0 Å². The number of rotatable bonds is 6. The van der Waals surface area contributed by atoms with Crippen LogP contribution in [-0.2, 0) is 11.4 Å². The fourth-order valence-electron chi connectivity index (χ4n) is 2.78. The molecule has 0 aromatic heterocycles. The number of para-hydroxylation sites is 1. The van der Waals surface area contributed by atoms with Crippen LogP contribution in [0.3, 0.4) is 0 Å². The van der Waals surface area contributed by atoms with E-state index >= 15 is 0 Å². The number of nitrogens with zero attached hydrogens (tertiary/aromatic N) is 1. The highest BCUT2D eigenvalue weighted by molar-refractivity contribution is 9.11. The Bertz CT molecular complexity index is 1190. The molecule has 0 aliphatic carbocycles. The van der Waals surface area contributed by atoms with E-state index in [0.717, 1.165) is 15.6 Å². The molecule has 4 nitrogen and oxygen atoms in total. The second-order valence-corrected chi connectivity index (χ2v) is 8.87. The predicted octanol–water partition coefficient (Wildman–Crippen LogP) is 7.30. The van der Waals surface area contributed by atoms with Crippen molar-refractivity contribution in [2.75, 3.05) is 5.32 Å². The van der Waals surface area contributed by atoms with E-state index in [9.17, 15) is 10.1 Å². The molecule has 3 aromatic carbocycles. The summed E-state index contributed by atoms with van der Waals surface area (Å²) in [4.78, 5) is 12.7. The minimum absolute atomic E-state index is 0.0374. The van der Waals surface area contributed by atoms with Crippen molar-refractivity contribution < 1.29 is 9.53 Å². The number of nitrogens with one attached hydrogen (secondary N) is 1. The van der Waals surface area contributed by atoms with Gasteiger partial charge < -0.3 is 10.1 Å². The monoisotopic (exact) mass is 558 g/mol. The van der Waals surface area contributed by atoms with Crippen molar-refractivity contribution in [3.8, 4) is 11.8 Å². The normalized spacial score (nSPS) is 11.0. The maximum absolute atomic E-state index is 12.7. The Hall–Kier alpha value is -2.59. The van der Waals surface area contributed by atoms with Crippen molar-refractivity contribution in [2.45, 2.75) is 13.5 Å². The van der Waals surface area contributed by atoms with Gasteiger partial charge in [-0.1, -0.05) is 57.9 Å². The summed E-state index contributed by atoms with van der Waals surface area (Å²) < 4.78 is 7.49. The van der Waals surface area contributed by atoms with Gasteiger partial charge in [-0.25, -0.2) is 0 Å². The molecule has 0 radical (unpaired) electrons. The lowest BCUT2D eigenvalue weighted by Crippen LogP contribution is -2.14. The van der Waals surface area contributed by atoms with Crippen LogP contribution >= 0.6 is 43.5 Å². The topological polar surface area (TPSA) is 62.1 Å². The van der Waals surface area contributed by atoms with Crippen molar-refractivity contribution in [3.05, 3.63) is 96.9 Å². The van der Waals surface area contributed by atoms with Gasteiger partial charge in [-0.2, -0.15) is 5.26 Å².